The molecule has 0 radical (unpaired) electrons. The Bertz CT molecular complexity index is 849. The van der Waals surface area contributed by atoms with Crippen molar-refractivity contribution in [2.75, 3.05) is 6.54 Å². The molecule has 0 saturated carbocycles. The molecule has 3 heterocycles. The first-order valence-electron chi connectivity index (χ1n) is 7.56. The van der Waals surface area contributed by atoms with Crippen molar-refractivity contribution in [3.05, 3.63) is 51.7 Å². The zero-order valence-electron chi connectivity index (χ0n) is 13.7. The lowest BCUT2D eigenvalue weighted by Gasteiger charge is -2.10. The summed E-state index contributed by atoms with van der Waals surface area (Å²) < 4.78 is 7.34. The predicted octanol–water partition coefficient (Wildman–Crippen LogP) is 2.82. The molecule has 126 valence electrons. The number of nitrogens with zero attached hydrogens (tertiary/aromatic N) is 2. The number of hydrogen-bond donors (Lipinski definition) is 2. The zero-order chi connectivity index (χ0) is 17.3. The molecule has 3 aromatic heterocycles. The van der Waals surface area contributed by atoms with Crippen LogP contribution in [-0.2, 0) is 7.05 Å². The van der Waals surface area contributed by atoms with Crippen LogP contribution in [0, 0.1) is 13.8 Å². The van der Waals surface area contributed by atoms with E-state index in [2.05, 4.69) is 10.4 Å². The Hall–Kier alpha value is -2.38. The standard InChI is InChI=1S/C17H19N3O3S/c1-10-16(11(2)20(3)19-10)17(22)18-8-13(21)15-5-4-14(23-15)12-6-7-24-9-12/h4-7,9,13,21H,8H2,1-3H3,(H,18,22)/t13-/m0/s1. The summed E-state index contributed by atoms with van der Waals surface area (Å²) in [6.07, 6.45) is -0.904. The van der Waals surface area contributed by atoms with Gasteiger partial charge in [0.1, 0.15) is 17.6 Å². The third-order valence-corrected chi connectivity index (χ3v) is 4.64. The van der Waals surface area contributed by atoms with Gasteiger partial charge in [0.25, 0.3) is 5.91 Å². The molecule has 0 aliphatic rings. The summed E-state index contributed by atoms with van der Waals surface area (Å²) in [5, 5.41) is 21.1. The minimum Gasteiger partial charge on any atom is -0.458 e. The summed E-state index contributed by atoms with van der Waals surface area (Å²) in [6, 6.07) is 5.50. The van der Waals surface area contributed by atoms with Gasteiger partial charge in [-0.25, -0.2) is 0 Å². The maximum atomic E-state index is 12.3. The van der Waals surface area contributed by atoms with E-state index in [4.69, 9.17) is 4.42 Å². The predicted molar refractivity (Wildman–Crippen MR) is 92.0 cm³/mol. The van der Waals surface area contributed by atoms with Gasteiger partial charge in [-0.1, -0.05) is 0 Å². The molecule has 0 saturated heterocycles. The lowest BCUT2D eigenvalue weighted by atomic mass is 10.2. The van der Waals surface area contributed by atoms with Crippen molar-refractivity contribution in [1.29, 1.82) is 0 Å². The van der Waals surface area contributed by atoms with E-state index in [9.17, 15) is 9.90 Å². The van der Waals surface area contributed by atoms with E-state index in [1.165, 1.54) is 0 Å². The van der Waals surface area contributed by atoms with Gasteiger partial charge in [0.2, 0.25) is 0 Å². The molecule has 0 bridgehead atoms. The number of amides is 1. The quantitative estimate of drug-likeness (QED) is 0.745. The molecule has 3 rings (SSSR count). The van der Waals surface area contributed by atoms with Crippen LogP contribution in [0.5, 0.6) is 0 Å². The molecular formula is C17H19N3O3S. The van der Waals surface area contributed by atoms with E-state index in [1.807, 2.05) is 29.8 Å². The topological polar surface area (TPSA) is 80.3 Å². The molecule has 0 fully saturated rings. The highest BCUT2D eigenvalue weighted by molar-refractivity contribution is 7.08. The SMILES string of the molecule is Cc1nn(C)c(C)c1C(=O)NC[C@H](O)c1ccc(-c2ccsc2)o1. The van der Waals surface area contributed by atoms with Crippen LogP contribution < -0.4 is 5.32 Å². The minimum absolute atomic E-state index is 0.0726. The van der Waals surface area contributed by atoms with Crippen molar-refractivity contribution in [2.24, 2.45) is 7.05 Å². The van der Waals surface area contributed by atoms with Gasteiger partial charge < -0.3 is 14.8 Å². The molecule has 7 heteroatoms. The third kappa shape index (κ3) is 3.13. The molecule has 6 nitrogen and oxygen atoms in total. The highest BCUT2D eigenvalue weighted by Gasteiger charge is 2.19. The number of carbonyl (C=O) groups is 1. The molecule has 0 spiro atoms. The number of hydrogen-bond acceptors (Lipinski definition) is 5. The van der Waals surface area contributed by atoms with Gasteiger partial charge in [-0.3, -0.25) is 9.48 Å². The number of aromatic nitrogens is 2. The first-order chi connectivity index (χ1) is 11.5. The Morgan fingerprint density at radius 2 is 2.21 bits per heavy atom. The summed E-state index contributed by atoms with van der Waals surface area (Å²) in [4.78, 5) is 12.3. The molecule has 1 atom stereocenters. The monoisotopic (exact) mass is 345 g/mol. The second-order valence-corrected chi connectivity index (χ2v) is 6.39. The average Bonchev–Trinajstić information content (AvgIpc) is 3.26. The molecule has 0 aromatic carbocycles. The maximum absolute atomic E-state index is 12.3. The van der Waals surface area contributed by atoms with Gasteiger partial charge >= 0.3 is 0 Å². The van der Waals surface area contributed by atoms with E-state index in [-0.39, 0.29) is 12.5 Å². The molecule has 1 amide bonds. The van der Waals surface area contributed by atoms with Crippen LogP contribution in [0.4, 0.5) is 0 Å². The number of thiophene rings is 1. The fourth-order valence-corrected chi connectivity index (χ4v) is 3.22. The van der Waals surface area contributed by atoms with Crippen molar-refractivity contribution >= 4 is 17.2 Å². The molecule has 3 aromatic rings. The van der Waals surface area contributed by atoms with Crippen LogP contribution in [0.25, 0.3) is 11.3 Å². The summed E-state index contributed by atoms with van der Waals surface area (Å²) >= 11 is 1.58. The minimum atomic E-state index is -0.904. The van der Waals surface area contributed by atoms with E-state index < -0.39 is 6.10 Å². The molecule has 2 N–H and O–H groups in total. The molecule has 0 aliphatic heterocycles. The van der Waals surface area contributed by atoms with E-state index >= 15 is 0 Å². The molecule has 0 aliphatic carbocycles. The van der Waals surface area contributed by atoms with Crippen LogP contribution in [0.3, 0.4) is 0 Å². The van der Waals surface area contributed by atoms with Crippen LogP contribution in [0.2, 0.25) is 0 Å². The van der Waals surface area contributed by atoms with E-state index in [0.29, 0.717) is 22.8 Å². The number of carbonyl (C=O) groups excluding carboxylic acids is 1. The van der Waals surface area contributed by atoms with Crippen LogP contribution in [0.15, 0.2) is 33.4 Å². The fourth-order valence-electron chi connectivity index (χ4n) is 2.57. The largest absolute Gasteiger partial charge is 0.458 e. The highest BCUT2D eigenvalue weighted by Crippen LogP contribution is 2.26. The van der Waals surface area contributed by atoms with Crippen molar-refractivity contribution in [3.8, 4) is 11.3 Å². The maximum Gasteiger partial charge on any atom is 0.255 e. The number of rotatable bonds is 5. The first-order valence-corrected chi connectivity index (χ1v) is 8.50. The van der Waals surface area contributed by atoms with E-state index in [0.717, 1.165) is 11.3 Å². The number of aliphatic hydroxyl groups is 1. The highest BCUT2D eigenvalue weighted by atomic mass is 32.1. The molecule has 24 heavy (non-hydrogen) atoms. The van der Waals surface area contributed by atoms with Crippen molar-refractivity contribution < 1.29 is 14.3 Å². The number of nitrogens with one attached hydrogen (secondary N) is 1. The lowest BCUT2D eigenvalue weighted by Crippen LogP contribution is -2.29. The summed E-state index contributed by atoms with van der Waals surface area (Å²) in [5.41, 5.74) is 2.98. The van der Waals surface area contributed by atoms with Crippen LogP contribution in [-0.4, -0.2) is 27.3 Å². The Balaban J connectivity index is 1.65. The average molecular weight is 345 g/mol. The number of aliphatic hydroxyl groups excluding tert-OH is 1. The summed E-state index contributed by atoms with van der Waals surface area (Å²) in [5.74, 6) is 0.883. The van der Waals surface area contributed by atoms with Crippen molar-refractivity contribution in [1.82, 2.24) is 15.1 Å². The second-order valence-electron chi connectivity index (χ2n) is 5.61. The van der Waals surface area contributed by atoms with Gasteiger partial charge in [-0.2, -0.15) is 16.4 Å². The normalized spacial score (nSPS) is 12.3. The Morgan fingerprint density at radius 3 is 2.83 bits per heavy atom. The van der Waals surface area contributed by atoms with Gasteiger partial charge in [0.05, 0.1) is 17.8 Å². The summed E-state index contributed by atoms with van der Waals surface area (Å²) in [6.45, 7) is 3.70. The van der Waals surface area contributed by atoms with Gasteiger partial charge in [0.15, 0.2) is 0 Å². The second kappa shape index (κ2) is 6.62. The summed E-state index contributed by atoms with van der Waals surface area (Å²) in [7, 11) is 1.79. The van der Waals surface area contributed by atoms with Crippen LogP contribution in [0.1, 0.15) is 33.6 Å². The van der Waals surface area contributed by atoms with Gasteiger partial charge in [-0.05, 0) is 37.4 Å². The van der Waals surface area contributed by atoms with Crippen molar-refractivity contribution in [2.45, 2.75) is 20.0 Å². The Labute approximate surface area is 143 Å². The van der Waals surface area contributed by atoms with E-state index in [1.54, 1.807) is 36.1 Å². The molecular weight excluding hydrogens is 326 g/mol. The Kier molecular flexibility index (Phi) is 4.55. The third-order valence-electron chi connectivity index (χ3n) is 3.95. The molecule has 0 unspecified atom stereocenters. The lowest BCUT2D eigenvalue weighted by molar-refractivity contribution is 0.0900. The number of aryl methyl sites for hydroxylation is 2. The van der Waals surface area contributed by atoms with Crippen LogP contribution >= 0.6 is 11.3 Å². The fraction of sp³-hybridized carbons (Fsp3) is 0.294. The smallest absolute Gasteiger partial charge is 0.255 e. The van der Waals surface area contributed by atoms with Gasteiger partial charge in [-0.15, -0.1) is 0 Å². The van der Waals surface area contributed by atoms with Gasteiger partial charge in [0, 0.05) is 23.7 Å². The first kappa shape index (κ1) is 16.5. The van der Waals surface area contributed by atoms with Crippen molar-refractivity contribution in [3.63, 3.8) is 0 Å². The zero-order valence-corrected chi connectivity index (χ0v) is 14.6. The number of furan rings is 1. The Morgan fingerprint density at radius 1 is 1.42 bits per heavy atom.